The van der Waals surface area contributed by atoms with Gasteiger partial charge < -0.3 is 34.8 Å². The van der Waals surface area contributed by atoms with Crippen molar-refractivity contribution in [3.63, 3.8) is 0 Å². The molecule has 1 spiro atoms. The van der Waals surface area contributed by atoms with Crippen molar-refractivity contribution in [3.8, 4) is 11.3 Å². The molecule has 6 aliphatic heterocycles. The maximum absolute atomic E-state index is 15.3. The van der Waals surface area contributed by atoms with Gasteiger partial charge in [0.1, 0.15) is 17.4 Å². The molecule has 7 amide bonds. The van der Waals surface area contributed by atoms with E-state index in [0.717, 1.165) is 58.7 Å². The quantitative estimate of drug-likeness (QED) is 0.108. The number of rotatable bonds is 11. The first-order valence-corrected chi connectivity index (χ1v) is 29.5. The number of likely N-dealkylation sites (tertiary alicyclic amines) is 3. The van der Waals surface area contributed by atoms with Gasteiger partial charge in [-0.2, -0.15) is 0 Å². The molecule has 8 heterocycles. The first-order chi connectivity index (χ1) is 39.2. The lowest BCUT2D eigenvalue weighted by Gasteiger charge is -2.48. The summed E-state index contributed by atoms with van der Waals surface area (Å²) in [6.45, 7) is 8.29. The second-order valence-corrected chi connectivity index (χ2v) is 24.2. The van der Waals surface area contributed by atoms with Crippen LogP contribution in [0.2, 0.25) is 0 Å². The zero-order valence-electron chi connectivity index (χ0n) is 46.1. The number of carbonyl (C=O) groups excluding carboxylic acids is 7. The number of hydrogen-bond donors (Lipinski definition) is 3. The van der Waals surface area contributed by atoms with Gasteiger partial charge in [0.15, 0.2) is 5.82 Å². The predicted molar refractivity (Wildman–Crippen MR) is 302 cm³/mol. The van der Waals surface area contributed by atoms with Gasteiger partial charge in [0, 0.05) is 85.5 Å². The van der Waals surface area contributed by atoms with E-state index in [1.165, 1.54) is 25.3 Å². The molecule has 6 fully saturated rings. The summed E-state index contributed by atoms with van der Waals surface area (Å²) in [5.41, 5.74) is 5.41. The Morgan fingerprint density at radius 2 is 1.43 bits per heavy atom. The van der Waals surface area contributed by atoms with Gasteiger partial charge in [-0.1, -0.05) is 36.8 Å². The van der Waals surface area contributed by atoms with Gasteiger partial charge in [0.25, 0.3) is 11.8 Å². The highest BCUT2D eigenvalue weighted by molar-refractivity contribution is 6.25. The van der Waals surface area contributed by atoms with Gasteiger partial charge in [-0.05, 0) is 152 Å². The zero-order valence-corrected chi connectivity index (χ0v) is 46.1. The number of amides is 7. The third-order valence-electron chi connectivity index (χ3n) is 19.3. The Labute approximate surface area is 470 Å². The summed E-state index contributed by atoms with van der Waals surface area (Å²) in [6.07, 6.45) is 12.3. The third kappa shape index (κ3) is 9.32. The molecule has 4 saturated heterocycles. The van der Waals surface area contributed by atoms with Crippen LogP contribution in [-0.4, -0.2) is 139 Å². The molecule has 8 aliphatic rings. The first kappa shape index (κ1) is 52.8. The van der Waals surface area contributed by atoms with Gasteiger partial charge in [-0.25, -0.2) is 14.4 Å². The predicted octanol–water partition coefficient (Wildman–Crippen LogP) is 8.10. The number of benzene rings is 3. The number of nitrogens with zero attached hydrogens (tertiary/aromatic N) is 8. The second-order valence-electron chi connectivity index (χ2n) is 24.2. The van der Waals surface area contributed by atoms with Crippen LogP contribution in [0.15, 0.2) is 73.1 Å². The molecule has 2 aromatic heterocycles. The Bertz CT molecular complexity index is 3380. The summed E-state index contributed by atoms with van der Waals surface area (Å²) in [5.74, 6) is -2.12. The monoisotopic (exact) mass is 1100 g/mol. The van der Waals surface area contributed by atoms with Gasteiger partial charge >= 0.3 is 0 Å². The smallest absolute Gasteiger partial charge is 0.264 e. The second kappa shape index (κ2) is 21.1. The van der Waals surface area contributed by atoms with E-state index in [4.69, 9.17) is 9.97 Å². The van der Waals surface area contributed by atoms with Crippen molar-refractivity contribution in [1.29, 1.82) is 0 Å². The molecule has 1 unspecified atom stereocenters. The molecular weight excluding hydrogens is 1030 g/mol. The minimum absolute atomic E-state index is 0.0335. The van der Waals surface area contributed by atoms with E-state index in [2.05, 4.69) is 51.7 Å². The van der Waals surface area contributed by atoms with E-state index >= 15 is 9.18 Å². The number of para-hydroxylation sites is 1. The third-order valence-corrected chi connectivity index (χ3v) is 19.3. The first-order valence-electron chi connectivity index (χ1n) is 29.5. The average Bonchev–Trinajstić information content (AvgIpc) is 4.29. The summed E-state index contributed by atoms with van der Waals surface area (Å²) in [4.78, 5) is 115. The summed E-state index contributed by atoms with van der Waals surface area (Å²) in [7, 11) is 0. The van der Waals surface area contributed by atoms with Crippen LogP contribution in [-0.2, 0) is 29.4 Å². The Hall–Kier alpha value is -7.54. The normalized spacial score (nSPS) is 25.1. The summed E-state index contributed by atoms with van der Waals surface area (Å²) < 4.78 is 17.2. The Balaban J connectivity index is 0.659. The maximum atomic E-state index is 15.3. The number of anilines is 4. The number of imide groups is 2. The van der Waals surface area contributed by atoms with Crippen LogP contribution in [0.5, 0.6) is 0 Å². The minimum Gasteiger partial charge on any atom is -0.382 e. The van der Waals surface area contributed by atoms with E-state index in [0.29, 0.717) is 106 Å². The molecule has 3 N–H and O–H groups in total. The zero-order chi connectivity index (χ0) is 55.8. The summed E-state index contributed by atoms with van der Waals surface area (Å²) >= 11 is 0. The van der Waals surface area contributed by atoms with Crippen LogP contribution in [0.1, 0.15) is 142 Å². The lowest BCUT2D eigenvalue weighted by atomic mass is 9.73. The minimum atomic E-state index is -1.05. The number of piperidine rings is 4. The van der Waals surface area contributed by atoms with E-state index in [1.807, 2.05) is 26.5 Å². The van der Waals surface area contributed by atoms with Crippen molar-refractivity contribution < 1.29 is 38.0 Å². The number of imidazole rings is 1. The van der Waals surface area contributed by atoms with Crippen molar-refractivity contribution >= 4 is 75.3 Å². The SMILES string of the molecule is CC(C)n1cnc2cc(-c3ccc4c(c3)N(C3CC(N5CCCCC5)C3)C(=O)C43CCN(C(=O)C4CCN(C(=O)C5CCC(Nc6cccc7c6C(=O)N(C6CCC(=O)NC6=O)C7=O)CC5)CC4)CC3)nc(Nc3ccccc3F)c21. The lowest BCUT2D eigenvalue weighted by Crippen LogP contribution is -2.58. The molecule has 422 valence electrons. The molecule has 0 radical (unpaired) electrons. The summed E-state index contributed by atoms with van der Waals surface area (Å²) in [5, 5.41) is 9.00. The highest BCUT2D eigenvalue weighted by Crippen LogP contribution is 2.53. The lowest BCUT2D eigenvalue weighted by molar-refractivity contribution is -0.144. The molecule has 19 heteroatoms. The fourth-order valence-corrected chi connectivity index (χ4v) is 14.6. The van der Waals surface area contributed by atoms with E-state index in [1.54, 1.807) is 42.7 Å². The molecule has 2 saturated carbocycles. The fourth-order valence-electron chi connectivity index (χ4n) is 14.6. The number of nitrogens with one attached hydrogen (secondary N) is 3. The molecule has 0 bridgehead atoms. The maximum Gasteiger partial charge on any atom is 0.264 e. The molecular formula is C62H70FN11O7. The molecule has 1 atom stereocenters. The van der Waals surface area contributed by atoms with Crippen LogP contribution in [0, 0.1) is 17.7 Å². The van der Waals surface area contributed by atoms with Crippen LogP contribution in [0.4, 0.5) is 27.3 Å². The number of pyridine rings is 1. The number of aromatic nitrogens is 3. The average molecular weight is 1100 g/mol. The van der Waals surface area contributed by atoms with Crippen LogP contribution < -0.4 is 20.9 Å². The fraction of sp³-hybridized carbons (Fsp3) is 0.500. The molecule has 2 aliphatic carbocycles. The van der Waals surface area contributed by atoms with Crippen molar-refractivity contribution in [3.05, 3.63) is 95.6 Å². The molecule has 3 aromatic carbocycles. The van der Waals surface area contributed by atoms with Gasteiger partial charge in [-0.3, -0.25) is 43.8 Å². The standard InChI is InChI=1S/C62H70FN11O7/c1-36(2)72-35-64-49-34-48(67-55(54(49)72)66-46-11-5-4-10-45(46)63)39-15-18-44-51(31-39)73(42-32-41(33-42)69-25-6-3-7-26-69)61(81)62(44)23-29-71(30-24-62)58(78)38-21-27-70(28-22-38)57(77)37-13-16-40(17-14-37)65-47-12-8-9-43-53(47)60(80)74(59(43)79)50-19-20-52(75)68-56(50)76/h4-5,8-12,15,18,31,34-38,40-42,50,65H,3,6-7,13-14,16-17,19-30,32-33H2,1-2H3,(H,66,67)(H,68,75,76). The molecule has 13 rings (SSSR count). The Morgan fingerprint density at radius 3 is 2.15 bits per heavy atom. The topological polar surface area (TPSA) is 202 Å². The Morgan fingerprint density at radius 1 is 0.728 bits per heavy atom. The number of halogens is 1. The van der Waals surface area contributed by atoms with Crippen molar-refractivity contribution in [2.45, 2.75) is 146 Å². The largest absolute Gasteiger partial charge is 0.382 e. The molecule has 5 aromatic rings. The molecule has 18 nitrogen and oxygen atoms in total. The highest BCUT2D eigenvalue weighted by Gasteiger charge is 2.56. The van der Waals surface area contributed by atoms with Gasteiger partial charge in [0.05, 0.1) is 39.8 Å². The van der Waals surface area contributed by atoms with Crippen LogP contribution >= 0.6 is 0 Å². The van der Waals surface area contributed by atoms with Crippen LogP contribution in [0.25, 0.3) is 22.3 Å². The molecule has 81 heavy (non-hydrogen) atoms. The van der Waals surface area contributed by atoms with E-state index < -0.39 is 35.1 Å². The van der Waals surface area contributed by atoms with Gasteiger partial charge in [-0.15, -0.1) is 0 Å². The van der Waals surface area contributed by atoms with Gasteiger partial charge in [0.2, 0.25) is 29.5 Å². The van der Waals surface area contributed by atoms with Crippen molar-refractivity contribution in [1.82, 2.24) is 39.5 Å². The Kier molecular flexibility index (Phi) is 13.7. The van der Waals surface area contributed by atoms with E-state index in [9.17, 15) is 28.8 Å². The number of hydrogen-bond acceptors (Lipinski definition) is 12. The van der Waals surface area contributed by atoms with E-state index in [-0.39, 0.29) is 77.5 Å². The van der Waals surface area contributed by atoms with Crippen LogP contribution in [0.3, 0.4) is 0 Å². The highest BCUT2D eigenvalue weighted by atomic mass is 19.1. The summed E-state index contributed by atoms with van der Waals surface area (Å²) in [6, 6.07) is 19.4. The van der Waals surface area contributed by atoms with Crippen molar-refractivity contribution in [2.24, 2.45) is 11.8 Å². The number of fused-ring (bicyclic) bond motifs is 4. The number of carbonyl (C=O) groups is 7. The van der Waals surface area contributed by atoms with Crippen molar-refractivity contribution in [2.75, 3.05) is 54.8 Å².